The molecule has 0 unspecified atom stereocenters. The van der Waals surface area contributed by atoms with E-state index in [9.17, 15) is 0 Å². The SMILES string of the molecule is CN(C)c1ccc(Pc2ccc(N(C)C)cc2N(C)C)c(N(C)C)c1. The van der Waals surface area contributed by atoms with Gasteiger partial charge in [0.25, 0.3) is 0 Å². The van der Waals surface area contributed by atoms with E-state index in [1.807, 2.05) is 0 Å². The first-order chi connectivity index (χ1) is 11.7. The van der Waals surface area contributed by atoms with Crippen LogP contribution in [0.25, 0.3) is 0 Å². The Morgan fingerprint density at radius 3 is 1.16 bits per heavy atom. The molecule has 2 rings (SSSR count). The Morgan fingerprint density at radius 2 is 0.880 bits per heavy atom. The maximum absolute atomic E-state index is 2.27. The molecular formula is C20H31N4P. The molecule has 0 aromatic heterocycles. The van der Waals surface area contributed by atoms with Gasteiger partial charge < -0.3 is 19.6 Å². The lowest BCUT2D eigenvalue weighted by atomic mass is 10.2. The summed E-state index contributed by atoms with van der Waals surface area (Å²) in [5.41, 5.74) is 5.03. The van der Waals surface area contributed by atoms with E-state index >= 15 is 0 Å². The smallest absolute Gasteiger partial charge is 0.0460 e. The van der Waals surface area contributed by atoms with Gasteiger partial charge in [0.1, 0.15) is 0 Å². The van der Waals surface area contributed by atoms with Crippen molar-refractivity contribution in [2.75, 3.05) is 76.0 Å². The summed E-state index contributed by atoms with van der Waals surface area (Å²) in [6.45, 7) is 0. The fourth-order valence-electron chi connectivity index (χ4n) is 2.69. The summed E-state index contributed by atoms with van der Waals surface area (Å²) in [5.74, 6) is 0. The van der Waals surface area contributed by atoms with E-state index in [4.69, 9.17) is 0 Å². The molecule has 2 aromatic carbocycles. The van der Waals surface area contributed by atoms with Gasteiger partial charge in [0, 0.05) is 89.7 Å². The Labute approximate surface area is 154 Å². The van der Waals surface area contributed by atoms with Crippen LogP contribution in [0.3, 0.4) is 0 Å². The van der Waals surface area contributed by atoms with E-state index in [-0.39, 0.29) is 0 Å². The zero-order valence-corrected chi connectivity index (χ0v) is 17.8. The molecule has 136 valence electrons. The van der Waals surface area contributed by atoms with Crippen molar-refractivity contribution in [3.05, 3.63) is 36.4 Å². The highest BCUT2D eigenvalue weighted by Gasteiger charge is 2.12. The van der Waals surface area contributed by atoms with Crippen LogP contribution in [0.4, 0.5) is 22.7 Å². The van der Waals surface area contributed by atoms with Crippen LogP contribution in [-0.2, 0) is 0 Å². The van der Waals surface area contributed by atoms with Crippen LogP contribution >= 0.6 is 8.58 Å². The Hall–Kier alpha value is -1.93. The van der Waals surface area contributed by atoms with Gasteiger partial charge in [-0.1, -0.05) is 20.7 Å². The van der Waals surface area contributed by atoms with Crippen molar-refractivity contribution in [1.29, 1.82) is 0 Å². The van der Waals surface area contributed by atoms with Crippen LogP contribution in [0.5, 0.6) is 0 Å². The molecule has 0 spiro atoms. The number of anilines is 4. The number of nitrogens with zero attached hydrogens (tertiary/aromatic N) is 4. The van der Waals surface area contributed by atoms with E-state index in [2.05, 4.69) is 112 Å². The molecule has 0 saturated heterocycles. The van der Waals surface area contributed by atoms with Crippen molar-refractivity contribution < 1.29 is 0 Å². The van der Waals surface area contributed by atoms with E-state index < -0.39 is 0 Å². The Kier molecular flexibility index (Phi) is 6.18. The fraction of sp³-hybridized carbons (Fsp3) is 0.400. The molecule has 4 nitrogen and oxygen atoms in total. The van der Waals surface area contributed by atoms with Gasteiger partial charge in [0.15, 0.2) is 0 Å². The monoisotopic (exact) mass is 358 g/mol. The highest BCUT2D eigenvalue weighted by Crippen LogP contribution is 2.29. The second-order valence-corrected chi connectivity index (χ2v) is 8.43. The number of benzene rings is 2. The van der Waals surface area contributed by atoms with Gasteiger partial charge in [0.05, 0.1) is 0 Å². The number of hydrogen-bond acceptors (Lipinski definition) is 4. The van der Waals surface area contributed by atoms with Gasteiger partial charge in [0.2, 0.25) is 0 Å². The summed E-state index contributed by atoms with van der Waals surface area (Å²) in [5, 5.41) is 2.74. The maximum Gasteiger partial charge on any atom is 0.0460 e. The van der Waals surface area contributed by atoms with Crippen molar-refractivity contribution in [2.24, 2.45) is 0 Å². The second kappa shape index (κ2) is 7.97. The van der Waals surface area contributed by atoms with Gasteiger partial charge in [-0.15, -0.1) is 0 Å². The van der Waals surface area contributed by atoms with Gasteiger partial charge in [-0.25, -0.2) is 0 Å². The van der Waals surface area contributed by atoms with E-state index in [1.165, 1.54) is 33.4 Å². The second-order valence-electron chi connectivity index (χ2n) is 7.11. The minimum absolute atomic E-state index is 0.619. The molecule has 0 saturated carbocycles. The van der Waals surface area contributed by atoms with Crippen LogP contribution in [-0.4, -0.2) is 56.4 Å². The van der Waals surface area contributed by atoms with Crippen LogP contribution in [0.1, 0.15) is 0 Å². The quantitative estimate of drug-likeness (QED) is 0.736. The summed E-state index contributed by atoms with van der Waals surface area (Å²) in [4.78, 5) is 8.71. The first-order valence-electron chi connectivity index (χ1n) is 8.45. The molecule has 25 heavy (non-hydrogen) atoms. The lowest BCUT2D eigenvalue weighted by molar-refractivity contribution is 1.11. The molecular weight excluding hydrogens is 327 g/mol. The molecule has 0 heterocycles. The van der Waals surface area contributed by atoms with Gasteiger partial charge in [-0.2, -0.15) is 0 Å². The lowest BCUT2D eigenvalue weighted by Gasteiger charge is -2.24. The zero-order valence-electron chi connectivity index (χ0n) is 16.8. The third-order valence-electron chi connectivity index (χ3n) is 4.23. The minimum Gasteiger partial charge on any atom is -0.378 e. The molecule has 5 heteroatoms. The topological polar surface area (TPSA) is 13.0 Å². The minimum atomic E-state index is 0.619. The van der Waals surface area contributed by atoms with Crippen molar-refractivity contribution in [3.63, 3.8) is 0 Å². The lowest BCUT2D eigenvalue weighted by Crippen LogP contribution is -2.22. The van der Waals surface area contributed by atoms with Crippen LogP contribution in [0, 0.1) is 0 Å². The molecule has 0 bridgehead atoms. The molecule has 0 aliphatic heterocycles. The Balaban J connectivity index is 2.45. The third kappa shape index (κ3) is 4.58. The predicted octanol–water partition coefficient (Wildman–Crippen LogP) is 2.58. The largest absolute Gasteiger partial charge is 0.378 e. The van der Waals surface area contributed by atoms with Crippen molar-refractivity contribution in [1.82, 2.24) is 0 Å². The summed E-state index contributed by atoms with van der Waals surface area (Å²) in [6, 6.07) is 13.5. The normalized spacial score (nSPS) is 10.6. The van der Waals surface area contributed by atoms with E-state index in [0.29, 0.717) is 8.58 Å². The summed E-state index contributed by atoms with van der Waals surface area (Å²) in [6.07, 6.45) is 0. The number of rotatable bonds is 6. The number of hydrogen-bond donors (Lipinski definition) is 0. The predicted molar refractivity (Wildman–Crippen MR) is 118 cm³/mol. The average molecular weight is 358 g/mol. The molecule has 0 atom stereocenters. The van der Waals surface area contributed by atoms with Crippen LogP contribution in [0.15, 0.2) is 36.4 Å². The molecule has 0 amide bonds. The highest BCUT2D eigenvalue weighted by molar-refractivity contribution is 7.56. The first-order valence-corrected chi connectivity index (χ1v) is 9.45. The maximum atomic E-state index is 2.27. The van der Waals surface area contributed by atoms with Gasteiger partial charge in [-0.3, -0.25) is 0 Å². The summed E-state index contributed by atoms with van der Waals surface area (Å²) in [7, 11) is 17.4. The molecule has 0 radical (unpaired) electrons. The Bertz CT molecular complexity index is 662. The molecule has 0 aliphatic rings. The van der Waals surface area contributed by atoms with Gasteiger partial charge >= 0.3 is 0 Å². The Morgan fingerprint density at radius 1 is 0.520 bits per heavy atom. The molecule has 2 aromatic rings. The molecule has 0 N–H and O–H groups in total. The molecule has 0 aliphatic carbocycles. The fourth-order valence-corrected chi connectivity index (χ4v) is 4.16. The van der Waals surface area contributed by atoms with Gasteiger partial charge in [-0.05, 0) is 24.3 Å². The van der Waals surface area contributed by atoms with Crippen molar-refractivity contribution in [2.45, 2.75) is 0 Å². The zero-order chi connectivity index (χ0) is 18.7. The molecule has 0 fully saturated rings. The highest BCUT2D eigenvalue weighted by atomic mass is 31.1. The van der Waals surface area contributed by atoms with E-state index in [1.54, 1.807) is 0 Å². The third-order valence-corrected chi connectivity index (χ3v) is 5.61. The van der Waals surface area contributed by atoms with Crippen LogP contribution < -0.4 is 30.2 Å². The summed E-state index contributed by atoms with van der Waals surface area (Å²) >= 11 is 0. The van der Waals surface area contributed by atoms with E-state index in [0.717, 1.165) is 0 Å². The van der Waals surface area contributed by atoms with Crippen LogP contribution in [0.2, 0.25) is 0 Å². The van der Waals surface area contributed by atoms with Crippen molar-refractivity contribution >= 4 is 41.9 Å². The first kappa shape index (κ1) is 19.4. The van der Waals surface area contributed by atoms with Crippen molar-refractivity contribution in [3.8, 4) is 0 Å². The standard InChI is InChI=1S/C20H31N4P/c1-21(2)15-9-11-19(17(13-15)23(5)6)25-20-12-10-16(22(3)4)14-18(20)24(7)8/h9-14,25H,1-8H3. The average Bonchev–Trinajstić information content (AvgIpc) is 2.54. The summed E-state index contributed by atoms with van der Waals surface area (Å²) < 4.78 is 0.